The van der Waals surface area contributed by atoms with Crippen LogP contribution in [-0.2, 0) is 6.54 Å². The number of nitrogens with zero attached hydrogens (tertiary/aromatic N) is 1. The fourth-order valence-corrected chi connectivity index (χ4v) is 2.35. The average molecular weight is 270 g/mol. The lowest BCUT2D eigenvalue weighted by Gasteiger charge is -2.26. The molecule has 0 radical (unpaired) electrons. The molecular weight excluding hydrogens is 246 g/mol. The Morgan fingerprint density at radius 3 is 2.17 bits per heavy atom. The van der Waals surface area contributed by atoms with Crippen LogP contribution >= 0.6 is 11.6 Å². The molecule has 18 heavy (non-hydrogen) atoms. The second-order valence-corrected chi connectivity index (χ2v) is 6.19. The number of aromatic hydroxyl groups is 1. The Morgan fingerprint density at radius 2 is 1.67 bits per heavy atom. The third-order valence-electron chi connectivity index (χ3n) is 2.68. The van der Waals surface area contributed by atoms with E-state index in [9.17, 15) is 5.11 Å². The molecule has 0 amide bonds. The van der Waals surface area contributed by atoms with Gasteiger partial charge in [-0.05, 0) is 30.0 Å². The highest BCUT2D eigenvalue weighted by molar-refractivity contribution is 6.30. The van der Waals surface area contributed by atoms with Crippen molar-refractivity contribution in [2.45, 2.75) is 34.2 Å². The Labute approximate surface area is 116 Å². The van der Waals surface area contributed by atoms with Gasteiger partial charge in [0, 0.05) is 30.2 Å². The third-order valence-corrected chi connectivity index (χ3v) is 2.92. The van der Waals surface area contributed by atoms with Crippen molar-refractivity contribution in [1.29, 1.82) is 0 Å². The molecule has 0 aliphatic heterocycles. The maximum absolute atomic E-state index is 9.87. The van der Waals surface area contributed by atoms with Gasteiger partial charge in [-0.15, -0.1) is 0 Å². The van der Waals surface area contributed by atoms with Crippen LogP contribution in [0.25, 0.3) is 0 Å². The SMILES string of the molecule is CC(C)CN(Cc1cc(Cl)ccc1O)CC(C)C. The quantitative estimate of drug-likeness (QED) is 0.838. The van der Waals surface area contributed by atoms with Crippen molar-refractivity contribution >= 4 is 11.6 Å². The van der Waals surface area contributed by atoms with Gasteiger partial charge in [-0.2, -0.15) is 0 Å². The lowest BCUT2D eigenvalue weighted by atomic mass is 10.1. The van der Waals surface area contributed by atoms with Crippen molar-refractivity contribution < 1.29 is 5.11 Å². The van der Waals surface area contributed by atoms with E-state index in [0.29, 0.717) is 22.6 Å². The summed E-state index contributed by atoms with van der Waals surface area (Å²) < 4.78 is 0. The molecule has 0 unspecified atom stereocenters. The van der Waals surface area contributed by atoms with E-state index in [1.54, 1.807) is 12.1 Å². The van der Waals surface area contributed by atoms with Crippen LogP contribution in [0.5, 0.6) is 5.75 Å². The number of hydrogen-bond acceptors (Lipinski definition) is 2. The smallest absolute Gasteiger partial charge is 0.120 e. The largest absolute Gasteiger partial charge is 0.508 e. The van der Waals surface area contributed by atoms with Crippen molar-refractivity contribution in [3.63, 3.8) is 0 Å². The minimum Gasteiger partial charge on any atom is -0.508 e. The first-order valence-electron chi connectivity index (χ1n) is 6.58. The zero-order valence-electron chi connectivity index (χ0n) is 11.8. The molecule has 2 nitrogen and oxygen atoms in total. The zero-order valence-corrected chi connectivity index (χ0v) is 12.5. The first kappa shape index (κ1) is 15.3. The Bertz CT molecular complexity index is 367. The van der Waals surface area contributed by atoms with E-state index in [0.717, 1.165) is 25.2 Å². The summed E-state index contributed by atoms with van der Waals surface area (Å²) in [7, 11) is 0. The molecular formula is C15H24ClNO. The molecule has 0 bridgehead atoms. The fourth-order valence-electron chi connectivity index (χ4n) is 2.16. The monoisotopic (exact) mass is 269 g/mol. The summed E-state index contributed by atoms with van der Waals surface area (Å²) >= 11 is 5.98. The summed E-state index contributed by atoms with van der Waals surface area (Å²) in [5.41, 5.74) is 0.906. The molecule has 0 heterocycles. The van der Waals surface area contributed by atoms with E-state index in [1.807, 2.05) is 6.07 Å². The minimum atomic E-state index is 0.330. The molecule has 1 aromatic rings. The lowest BCUT2D eigenvalue weighted by molar-refractivity contribution is 0.209. The normalized spacial score (nSPS) is 11.8. The number of phenolic OH excluding ortho intramolecular Hbond substituents is 1. The van der Waals surface area contributed by atoms with Crippen molar-refractivity contribution in [2.75, 3.05) is 13.1 Å². The highest BCUT2D eigenvalue weighted by atomic mass is 35.5. The molecule has 0 fully saturated rings. The van der Waals surface area contributed by atoms with Gasteiger partial charge in [0.25, 0.3) is 0 Å². The second kappa shape index (κ2) is 7.01. The zero-order chi connectivity index (χ0) is 13.7. The molecule has 0 saturated heterocycles. The van der Waals surface area contributed by atoms with Gasteiger partial charge in [0.15, 0.2) is 0 Å². The van der Waals surface area contributed by atoms with Gasteiger partial charge in [-0.1, -0.05) is 39.3 Å². The van der Waals surface area contributed by atoms with E-state index >= 15 is 0 Å². The van der Waals surface area contributed by atoms with Crippen molar-refractivity contribution in [3.05, 3.63) is 28.8 Å². The van der Waals surface area contributed by atoms with Crippen LogP contribution in [0, 0.1) is 11.8 Å². The number of halogens is 1. The van der Waals surface area contributed by atoms with E-state index in [1.165, 1.54) is 0 Å². The van der Waals surface area contributed by atoms with Crippen LogP contribution in [0.2, 0.25) is 5.02 Å². The van der Waals surface area contributed by atoms with Gasteiger partial charge in [0.2, 0.25) is 0 Å². The van der Waals surface area contributed by atoms with Crippen molar-refractivity contribution in [2.24, 2.45) is 11.8 Å². The van der Waals surface area contributed by atoms with Crippen molar-refractivity contribution in [3.8, 4) is 5.75 Å². The number of rotatable bonds is 6. The average Bonchev–Trinajstić information content (AvgIpc) is 2.21. The fraction of sp³-hybridized carbons (Fsp3) is 0.600. The topological polar surface area (TPSA) is 23.5 Å². The molecule has 3 heteroatoms. The molecule has 1 rings (SSSR count). The Hall–Kier alpha value is -0.730. The molecule has 102 valence electrons. The number of hydrogen-bond donors (Lipinski definition) is 1. The van der Waals surface area contributed by atoms with Gasteiger partial charge >= 0.3 is 0 Å². The predicted octanol–water partition coefficient (Wildman–Crippen LogP) is 4.16. The first-order chi connectivity index (χ1) is 8.38. The second-order valence-electron chi connectivity index (χ2n) is 5.75. The van der Waals surface area contributed by atoms with E-state index in [-0.39, 0.29) is 0 Å². The van der Waals surface area contributed by atoms with Crippen LogP contribution in [0.1, 0.15) is 33.3 Å². The van der Waals surface area contributed by atoms with Crippen molar-refractivity contribution in [1.82, 2.24) is 4.90 Å². The Kier molecular flexibility index (Phi) is 5.97. The standard InChI is InChI=1S/C15H24ClNO/c1-11(2)8-17(9-12(3)4)10-13-7-14(16)5-6-15(13)18/h5-7,11-12,18H,8-10H2,1-4H3. The summed E-state index contributed by atoms with van der Waals surface area (Å²) in [5, 5.41) is 10.5. The van der Waals surface area contributed by atoms with Crippen LogP contribution in [0.15, 0.2) is 18.2 Å². The third kappa shape index (κ3) is 5.28. The highest BCUT2D eigenvalue weighted by Crippen LogP contribution is 2.23. The molecule has 0 aromatic heterocycles. The van der Waals surface area contributed by atoms with Gasteiger partial charge in [0.1, 0.15) is 5.75 Å². The Morgan fingerprint density at radius 1 is 1.11 bits per heavy atom. The molecule has 1 aromatic carbocycles. The first-order valence-corrected chi connectivity index (χ1v) is 6.96. The van der Waals surface area contributed by atoms with Gasteiger partial charge < -0.3 is 5.11 Å². The molecule has 0 saturated carbocycles. The van der Waals surface area contributed by atoms with Crippen LogP contribution in [0.3, 0.4) is 0 Å². The van der Waals surface area contributed by atoms with Gasteiger partial charge in [-0.25, -0.2) is 0 Å². The molecule has 0 aliphatic rings. The maximum atomic E-state index is 9.87. The summed E-state index contributed by atoms with van der Waals surface area (Å²) in [6.07, 6.45) is 0. The van der Waals surface area contributed by atoms with E-state index in [4.69, 9.17) is 11.6 Å². The van der Waals surface area contributed by atoms with Crippen LogP contribution < -0.4 is 0 Å². The van der Waals surface area contributed by atoms with Crippen LogP contribution in [0.4, 0.5) is 0 Å². The molecule has 1 N–H and O–H groups in total. The number of phenols is 1. The van der Waals surface area contributed by atoms with Gasteiger partial charge in [-0.3, -0.25) is 4.90 Å². The summed E-state index contributed by atoms with van der Waals surface area (Å²) in [6.45, 7) is 11.7. The number of benzene rings is 1. The van der Waals surface area contributed by atoms with Crippen LogP contribution in [-0.4, -0.2) is 23.1 Å². The van der Waals surface area contributed by atoms with E-state index < -0.39 is 0 Å². The summed E-state index contributed by atoms with van der Waals surface area (Å²) in [4.78, 5) is 2.38. The molecule has 0 atom stereocenters. The lowest BCUT2D eigenvalue weighted by Crippen LogP contribution is -2.30. The highest BCUT2D eigenvalue weighted by Gasteiger charge is 2.12. The summed E-state index contributed by atoms with van der Waals surface area (Å²) in [5.74, 6) is 1.56. The summed E-state index contributed by atoms with van der Waals surface area (Å²) in [6, 6.07) is 5.24. The Balaban J connectivity index is 2.77. The minimum absolute atomic E-state index is 0.330. The maximum Gasteiger partial charge on any atom is 0.120 e. The van der Waals surface area contributed by atoms with E-state index in [2.05, 4.69) is 32.6 Å². The molecule has 0 aliphatic carbocycles. The predicted molar refractivity (Wildman–Crippen MR) is 78.1 cm³/mol. The molecule has 0 spiro atoms. The van der Waals surface area contributed by atoms with Gasteiger partial charge in [0.05, 0.1) is 0 Å².